The van der Waals surface area contributed by atoms with Gasteiger partial charge >= 0.3 is 0 Å². The lowest BCUT2D eigenvalue weighted by Gasteiger charge is -1.99. The molecule has 1 aliphatic heterocycles. The Morgan fingerprint density at radius 2 is 2.08 bits per heavy atom. The van der Waals surface area contributed by atoms with Crippen molar-refractivity contribution in [1.29, 1.82) is 0 Å². The molecule has 25 heavy (non-hydrogen) atoms. The van der Waals surface area contributed by atoms with E-state index in [1.807, 2.05) is 18.2 Å². The van der Waals surface area contributed by atoms with Crippen molar-refractivity contribution < 1.29 is 23.2 Å². The molecular weight excluding hydrogens is 324 g/mol. The molecule has 1 amide bonds. The molecule has 0 fully saturated rings. The maximum Gasteiger partial charge on any atom is 0.244 e. The molecule has 0 unspecified atom stereocenters. The number of benzene rings is 1. The Hall–Kier alpha value is -3.48. The van der Waals surface area contributed by atoms with Crippen LogP contribution in [0, 0.1) is 0 Å². The Labute approximate surface area is 142 Å². The standard InChI is InChI=1S/C18H14N2O5/c21-18(6-4-12-3-5-15-16(8-12)24-11-23-15)19-10-13-9-17(25-20-13)14-2-1-7-22-14/h1-9H,10-11H2,(H,19,21)/b6-4+. The van der Waals surface area contributed by atoms with Gasteiger partial charge in [0.1, 0.15) is 5.69 Å². The Morgan fingerprint density at radius 3 is 2.96 bits per heavy atom. The highest BCUT2D eigenvalue weighted by atomic mass is 16.7. The van der Waals surface area contributed by atoms with Crippen molar-refractivity contribution in [3.05, 3.63) is 60.0 Å². The van der Waals surface area contributed by atoms with Gasteiger partial charge in [-0.2, -0.15) is 0 Å². The summed E-state index contributed by atoms with van der Waals surface area (Å²) >= 11 is 0. The van der Waals surface area contributed by atoms with E-state index >= 15 is 0 Å². The van der Waals surface area contributed by atoms with Crippen LogP contribution in [-0.4, -0.2) is 17.9 Å². The minimum absolute atomic E-state index is 0.223. The molecule has 7 nitrogen and oxygen atoms in total. The highest BCUT2D eigenvalue weighted by Crippen LogP contribution is 2.32. The highest BCUT2D eigenvalue weighted by molar-refractivity contribution is 5.91. The maximum atomic E-state index is 11.9. The number of furan rings is 1. The van der Waals surface area contributed by atoms with E-state index in [1.165, 1.54) is 6.08 Å². The first-order chi connectivity index (χ1) is 12.3. The number of rotatable bonds is 5. The Morgan fingerprint density at radius 1 is 1.16 bits per heavy atom. The summed E-state index contributed by atoms with van der Waals surface area (Å²) in [6.07, 6.45) is 4.71. The zero-order valence-electron chi connectivity index (χ0n) is 13.1. The van der Waals surface area contributed by atoms with Crippen LogP contribution in [0.5, 0.6) is 11.5 Å². The van der Waals surface area contributed by atoms with Gasteiger partial charge in [-0.3, -0.25) is 4.79 Å². The lowest BCUT2D eigenvalue weighted by Crippen LogP contribution is -2.20. The van der Waals surface area contributed by atoms with Crippen molar-refractivity contribution >= 4 is 12.0 Å². The van der Waals surface area contributed by atoms with E-state index in [-0.39, 0.29) is 19.2 Å². The number of nitrogens with zero attached hydrogens (tertiary/aromatic N) is 1. The van der Waals surface area contributed by atoms with Gasteiger partial charge in [-0.15, -0.1) is 0 Å². The molecular formula is C18H14N2O5. The summed E-state index contributed by atoms with van der Waals surface area (Å²) in [6, 6.07) is 10.7. The van der Waals surface area contributed by atoms with Crippen LogP contribution in [0.3, 0.4) is 0 Å². The minimum Gasteiger partial charge on any atom is -0.461 e. The average molecular weight is 338 g/mol. The molecule has 1 N–H and O–H groups in total. The molecule has 4 rings (SSSR count). The number of fused-ring (bicyclic) bond motifs is 1. The van der Waals surface area contributed by atoms with E-state index in [0.717, 1.165) is 5.56 Å². The van der Waals surface area contributed by atoms with Gasteiger partial charge in [-0.1, -0.05) is 11.2 Å². The highest BCUT2D eigenvalue weighted by Gasteiger charge is 2.12. The summed E-state index contributed by atoms with van der Waals surface area (Å²) in [5.74, 6) is 2.26. The van der Waals surface area contributed by atoms with Crippen molar-refractivity contribution in [2.24, 2.45) is 0 Å². The first-order valence-electron chi connectivity index (χ1n) is 7.63. The second-order valence-electron chi connectivity index (χ2n) is 5.32. The third kappa shape index (κ3) is 3.40. The minimum atomic E-state index is -0.236. The van der Waals surface area contributed by atoms with E-state index in [9.17, 15) is 4.79 Å². The number of nitrogens with one attached hydrogen (secondary N) is 1. The fourth-order valence-electron chi connectivity index (χ4n) is 2.36. The van der Waals surface area contributed by atoms with Gasteiger partial charge < -0.3 is 23.7 Å². The van der Waals surface area contributed by atoms with Crippen LogP contribution in [0.25, 0.3) is 17.6 Å². The predicted octanol–water partition coefficient (Wildman–Crippen LogP) is 2.99. The quantitative estimate of drug-likeness (QED) is 0.720. The Balaban J connectivity index is 1.33. The molecule has 126 valence electrons. The molecule has 0 radical (unpaired) electrons. The number of carbonyl (C=O) groups excluding carboxylic acids is 1. The second kappa shape index (κ2) is 6.56. The number of hydrogen-bond acceptors (Lipinski definition) is 6. The normalized spacial score (nSPS) is 12.6. The fraction of sp³-hybridized carbons (Fsp3) is 0.111. The lowest BCUT2D eigenvalue weighted by molar-refractivity contribution is -0.116. The van der Waals surface area contributed by atoms with E-state index in [1.54, 1.807) is 30.5 Å². The smallest absolute Gasteiger partial charge is 0.244 e. The zero-order chi connectivity index (χ0) is 17.1. The number of carbonyl (C=O) groups is 1. The molecule has 2 aromatic heterocycles. The van der Waals surface area contributed by atoms with Gasteiger partial charge in [-0.25, -0.2) is 0 Å². The topological polar surface area (TPSA) is 86.7 Å². The maximum absolute atomic E-state index is 11.9. The molecule has 1 aromatic carbocycles. The molecule has 0 saturated carbocycles. The van der Waals surface area contributed by atoms with Crippen LogP contribution >= 0.6 is 0 Å². The Kier molecular flexibility index (Phi) is 3.96. The van der Waals surface area contributed by atoms with Gasteiger partial charge in [0.2, 0.25) is 18.5 Å². The van der Waals surface area contributed by atoms with Crippen molar-refractivity contribution in [3.63, 3.8) is 0 Å². The van der Waals surface area contributed by atoms with Gasteiger partial charge in [0.15, 0.2) is 17.3 Å². The molecule has 1 aliphatic rings. The van der Waals surface area contributed by atoms with Crippen LogP contribution in [0.15, 0.2) is 57.7 Å². The molecule has 0 spiro atoms. The fourth-order valence-corrected chi connectivity index (χ4v) is 2.36. The summed E-state index contributed by atoms with van der Waals surface area (Å²) in [6.45, 7) is 0.481. The van der Waals surface area contributed by atoms with Crippen LogP contribution in [0.4, 0.5) is 0 Å². The average Bonchev–Trinajstić information content (AvgIpc) is 3.38. The van der Waals surface area contributed by atoms with Crippen molar-refractivity contribution in [3.8, 4) is 23.0 Å². The van der Waals surface area contributed by atoms with E-state index in [0.29, 0.717) is 28.7 Å². The third-order valence-electron chi connectivity index (χ3n) is 3.59. The van der Waals surface area contributed by atoms with Crippen LogP contribution in [-0.2, 0) is 11.3 Å². The summed E-state index contributed by atoms with van der Waals surface area (Å²) in [4.78, 5) is 11.9. The SMILES string of the molecule is O=C(/C=C/c1ccc2c(c1)OCO2)NCc1cc(-c2ccco2)on1. The largest absolute Gasteiger partial charge is 0.461 e. The summed E-state index contributed by atoms with van der Waals surface area (Å²) in [5, 5.41) is 6.64. The van der Waals surface area contributed by atoms with Gasteiger partial charge in [0.25, 0.3) is 0 Å². The van der Waals surface area contributed by atoms with E-state index in [4.69, 9.17) is 18.4 Å². The van der Waals surface area contributed by atoms with Crippen molar-refractivity contribution in [1.82, 2.24) is 10.5 Å². The first kappa shape index (κ1) is 15.1. The summed E-state index contributed by atoms with van der Waals surface area (Å²) in [5.41, 5.74) is 1.46. The van der Waals surface area contributed by atoms with E-state index in [2.05, 4.69) is 10.5 Å². The predicted molar refractivity (Wildman–Crippen MR) is 87.7 cm³/mol. The second-order valence-corrected chi connectivity index (χ2v) is 5.32. The third-order valence-corrected chi connectivity index (χ3v) is 3.59. The van der Waals surface area contributed by atoms with Crippen LogP contribution in [0.2, 0.25) is 0 Å². The monoisotopic (exact) mass is 338 g/mol. The van der Waals surface area contributed by atoms with Gasteiger partial charge in [0, 0.05) is 12.1 Å². The van der Waals surface area contributed by atoms with Crippen LogP contribution in [0.1, 0.15) is 11.3 Å². The molecule has 0 saturated heterocycles. The molecule has 0 aliphatic carbocycles. The lowest BCUT2D eigenvalue weighted by atomic mass is 10.2. The van der Waals surface area contributed by atoms with Gasteiger partial charge in [-0.05, 0) is 35.9 Å². The molecule has 3 heterocycles. The number of ether oxygens (including phenoxy) is 2. The molecule has 0 atom stereocenters. The van der Waals surface area contributed by atoms with E-state index < -0.39 is 0 Å². The summed E-state index contributed by atoms with van der Waals surface area (Å²) in [7, 11) is 0. The summed E-state index contributed by atoms with van der Waals surface area (Å²) < 4.78 is 20.9. The number of aromatic nitrogens is 1. The number of hydrogen-bond donors (Lipinski definition) is 1. The Bertz CT molecular complexity index is 911. The van der Waals surface area contributed by atoms with Gasteiger partial charge in [0.05, 0.1) is 12.8 Å². The molecule has 7 heteroatoms. The van der Waals surface area contributed by atoms with Crippen molar-refractivity contribution in [2.45, 2.75) is 6.54 Å². The number of amides is 1. The van der Waals surface area contributed by atoms with Crippen molar-refractivity contribution in [2.75, 3.05) is 6.79 Å². The zero-order valence-corrected chi connectivity index (χ0v) is 13.1. The molecule has 0 bridgehead atoms. The molecule has 3 aromatic rings. The first-order valence-corrected chi connectivity index (χ1v) is 7.63. The van der Waals surface area contributed by atoms with Crippen LogP contribution < -0.4 is 14.8 Å².